The summed E-state index contributed by atoms with van der Waals surface area (Å²) < 4.78 is 28.1. The van der Waals surface area contributed by atoms with Crippen LogP contribution in [0.15, 0.2) is 71.6 Å². The number of fused-ring (bicyclic) bond motifs is 1. The van der Waals surface area contributed by atoms with Gasteiger partial charge in [0.2, 0.25) is 10.0 Å². The van der Waals surface area contributed by atoms with Crippen molar-refractivity contribution in [2.75, 3.05) is 13.2 Å². The second kappa shape index (κ2) is 7.55. The summed E-state index contributed by atoms with van der Waals surface area (Å²) >= 11 is 0. The van der Waals surface area contributed by atoms with Gasteiger partial charge in [0.25, 0.3) is 5.91 Å². The molecule has 0 saturated carbocycles. The van der Waals surface area contributed by atoms with Crippen LogP contribution in [0.1, 0.15) is 10.4 Å². The van der Waals surface area contributed by atoms with E-state index in [1.807, 2.05) is 42.5 Å². The zero-order valence-electron chi connectivity index (χ0n) is 13.9. The van der Waals surface area contributed by atoms with Crippen molar-refractivity contribution in [1.82, 2.24) is 5.32 Å². The molecule has 0 bridgehead atoms. The fraction of sp³-hybridized carbons (Fsp3) is 0.105. The molecule has 0 fully saturated rings. The van der Waals surface area contributed by atoms with E-state index < -0.39 is 10.0 Å². The predicted octanol–water partition coefficient (Wildman–Crippen LogP) is 2.30. The summed E-state index contributed by atoms with van der Waals surface area (Å²) in [4.78, 5) is 12.0. The molecule has 134 valence electrons. The predicted molar refractivity (Wildman–Crippen MR) is 99.6 cm³/mol. The van der Waals surface area contributed by atoms with Crippen LogP contribution in [-0.2, 0) is 10.0 Å². The molecule has 0 unspecified atom stereocenters. The Morgan fingerprint density at radius 1 is 0.962 bits per heavy atom. The lowest BCUT2D eigenvalue weighted by atomic mass is 10.1. The fourth-order valence-electron chi connectivity index (χ4n) is 2.49. The van der Waals surface area contributed by atoms with E-state index in [1.165, 1.54) is 24.3 Å². The molecule has 0 saturated heterocycles. The van der Waals surface area contributed by atoms with Crippen LogP contribution in [0.2, 0.25) is 0 Å². The van der Waals surface area contributed by atoms with Crippen LogP contribution in [0.4, 0.5) is 0 Å². The molecule has 3 aromatic carbocycles. The quantitative estimate of drug-likeness (QED) is 0.651. The van der Waals surface area contributed by atoms with Crippen molar-refractivity contribution >= 4 is 26.7 Å². The SMILES string of the molecule is NS(=O)(=O)c1ccc(C(=O)NCCOc2ccc3ccccc3c2)cc1. The van der Waals surface area contributed by atoms with Crippen LogP contribution < -0.4 is 15.2 Å². The molecule has 7 heteroatoms. The van der Waals surface area contributed by atoms with Crippen LogP contribution in [0.25, 0.3) is 10.8 Å². The van der Waals surface area contributed by atoms with E-state index in [9.17, 15) is 13.2 Å². The number of hydrogen-bond donors (Lipinski definition) is 2. The monoisotopic (exact) mass is 370 g/mol. The molecule has 26 heavy (non-hydrogen) atoms. The number of carbonyl (C=O) groups excluding carboxylic acids is 1. The first kappa shape index (κ1) is 17.9. The lowest BCUT2D eigenvalue weighted by molar-refractivity contribution is 0.0947. The van der Waals surface area contributed by atoms with Gasteiger partial charge in [-0.3, -0.25) is 4.79 Å². The molecule has 0 aliphatic heterocycles. The van der Waals surface area contributed by atoms with Crippen LogP contribution in [-0.4, -0.2) is 27.5 Å². The van der Waals surface area contributed by atoms with Gasteiger partial charge in [-0.2, -0.15) is 0 Å². The lowest BCUT2D eigenvalue weighted by Gasteiger charge is -2.09. The number of hydrogen-bond acceptors (Lipinski definition) is 4. The van der Waals surface area contributed by atoms with Crippen molar-refractivity contribution in [3.63, 3.8) is 0 Å². The summed E-state index contributed by atoms with van der Waals surface area (Å²) in [5, 5.41) is 9.97. The summed E-state index contributed by atoms with van der Waals surface area (Å²) in [6.45, 7) is 0.641. The van der Waals surface area contributed by atoms with Gasteiger partial charge in [-0.25, -0.2) is 13.6 Å². The van der Waals surface area contributed by atoms with Crippen molar-refractivity contribution in [3.05, 3.63) is 72.3 Å². The van der Waals surface area contributed by atoms with Crippen LogP contribution >= 0.6 is 0 Å². The van der Waals surface area contributed by atoms with Gasteiger partial charge in [0, 0.05) is 5.56 Å². The Balaban J connectivity index is 1.51. The third-order valence-electron chi connectivity index (χ3n) is 3.82. The van der Waals surface area contributed by atoms with Crippen molar-refractivity contribution in [3.8, 4) is 5.75 Å². The van der Waals surface area contributed by atoms with E-state index in [0.29, 0.717) is 18.7 Å². The highest BCUT2D eigenvalue weighted by molar-refractivity contribution is 7.89. The van der Waals surface area contributed by atoms with Crippen LogP contribution in [0.3, 0.4) is 0 Å². The van der Waals surface area contributed by atoms with Crippen molar-refractivity contribution in [1.29, 1.82) is 0 Å². The molecule has 0 aliphatic rings. The van der Waals surface area contributed by atoms with E-state index in [-0.39, 0.29) is 10.8 Å². The first-order valence-corrected chi connectivity index (χ1v) is 9.51. The maximum Gasteiger partial charge on any atom is 0.251 e. The Hall–Kier alpha value is -2.90. The molecular formula is C19H18N2O4S. The van der Waals surface area contributed by atoms with Gasteiger partial charge in [-0.15, -0.1) is 0 Å². The number of nitrogens with one attached hydrogen (secondary N) is 1. The molecule has 0 aromatic heterocycles. The number of primary sulfonamides is 1. The van der Waals surface area contributed by atoms with Gasteiger partial charge < -0.3 is 10.1 Å². The van der Waals surface area contributed by atoms with Crippen molar-refractivity contribution in [2.45, 2.75) is 4.90 Å². The number of ether oxygens (including phenoxy) is 1. The number of sulfonamides is 1. The van der Waals surface area contributed by atoms with E-state index in [2.05, 4.69) is 5.32 Å². The first-order valence-electron chi connectivity index (χ1n) is 7.96. The Morgan fingerprint density at radius 3 is 2.35 bits per heavy atom. The Morgan fingerprint density at radius 2 is 1.65 bits per heavy atom. The topological polar surface area (TPSA) is 98.5 Å². The van der Waals surface area contributed by atoms with Gasteiger partial charge in [0.05, 0.1) is 11.4 Å². The summed E-state index contributed by atoms with van der Waals surface area (Å²) in [6, 6.07) is 19.2. The van der Waals surface area contributed by atoms with Crippen LogP contribution in [0, 0.1) is 0 Å². The van der Waals surface area contributed by atoms with Gasteiger partial charge in [0.15, 0.2) is 0 Å². The summed E-state index contributed by atoms with van der Waals surface area (Å²) in [7, 11) is -3.76. The van der Waals surface area contributed by atoms with Gasteiger partial charge >= 0.3 is 0 Å². The standard InChI is InChI=1S/C19H18N2O4S/c20-26(23,24)18-9-6-15(7-10-18)19(22)21-11-12-25-17-8-5-14-3-1-2-4-16(14)13-17/h1-10,13H,11-12H2,(H,21,22)(H2,20,23,24). The summed E-state index contributed by atoms with van der Waals surface area (Å²) in [5.41, 5.74) is 0.350. The smallest absolute Gasteiger partial charge is 0.251 e. The van der Waals surface area contributed by atoms with Gasteiger partial charge in [-0.05, 0) is 47.2 Å². The van der Waals surface area contributed by atoms with Crippen molar-refractivity contribution in [2.24, 2.45) is 5.14 Å². The first-order chi connectivity index (χ1) is 12.4. The third-order valence-corrected chi connectivity index (χ3v) is 4.75. The normalized spacial score (nSPS) is 11.3. The van der Waals surface area contributed by atoms with Crippen molar-refractivity contribution < 1.29 is 17.9 Å². The fourth-order valence-corrected chi connectivity index (χ4v) is 3.00. The Bertz CT molecular complexity index is 1030. The van der Waals surface area contributed by atoms with E-state index in [0.717, 1.165) is 16.5 Å². The summed E-state index contributed by atoms with van der Waals surface area (Å²) in [6.07, 6.45) is 0. The minimum absolute atomic E-state index is 0.0336. The molecule has 3 aromatic rings. The number of amides is 1. The maximum absolute atomic E-state index is 12.0. The van der Waals surface area contributed by atoms with E-state index in [4.69, 9.17) is 9.88 Å². The minimum atomic E-state index is -3.76. The Kier molecular flexibility index (Phi) is 5.20. The molecule has 0 heterocycles. The highest BCUT2D eigenvalue weighted by atomic mass is 32.2. The molecule has 0 radical (unpaired) electrons. The third kappa shape index (κ3) is 4.38. The Labute approximate surface area is 151 Å². The zero-order chi connectivity index (χ0) is 18.6. The highest BCUT2D eigenvalue weighted by Crippen LogP contribution is 2.20. The molecule has 0 spiro atoms. The molecular weight excluding hydrogens is 352 g/mol. The van der Waals surface area contributed by atoms with Gasteiger partial charge in [0.1, 0.15) is 12.4 Å². The summed E-state index contributed by atoms with van der Waals surface area (Å²) in [5.74, 6) is 0.420. The second-order valence-corrected chi connectivity index (χ2v) is 7.24. The molecule has 3 rings (SSSR count). The number of rotatable bonds is 6. The molecule has 3 N–H and O–H groups in total. The van der Waals surface area contributed by atoms with E-state index >= 15 is 0 Å². The average Bonchev–Trinajstić information content (AvgIpc) is 2.64. The van der Waals surface area contributed by atoms with Gasteiger partial charge in [-0.1, -0.05) is 30.3 Å². The maximum atomic E-state index is 12.0. The largest absolute Gasteiger partial charge is 0.492 e. The van der Waals surface area contributed by atoms with Crippen LogP contribution in [0.5, 0.6) is 5.75 Å². The molecule has 0 aliphatic carbocycles. The lowest BCUT2D eigenvalue weighted by Crippen LogP contribution is -2.28. The average molecular weight is 370 g/mol. The van der Waals surface area contributed by atoms with E-state index in [1.54, 1.807) is 0 Å². The minimum Gasteiger partial charge on any atom is -0.492 e. The number of carbonyl (C=O) groups is 1. The molecule has 6 nitrogen and oxygen atoms in total. The molecule has 1 amide bonds. The number of nitrogens with two attached hydrogens (primary N) is 1. The second-order valence-electron chi connectivity index (χ2n) is 5.68. The highest BCUT2D eigenvalue weighted by Gasteiger charge is 2.10. The molecule has 0 atom stereocenters. The zero-order valence-corrected chi connectivity index (χ0v) is 14.7. The number of benzene rings is 3.